The summed E-state index contributed by atoms with van der Waals surface area (Å²) in [5.74, 6) is 1.39. The van der Waals surface area contributed by atoms with Crippen molar-refractivity contribution in [2.45, 2.75) is 31.3 Å². The summed E-state index contributed by atoms with van der Waals surface area (Å²) in [5.41, 5.74) is 1.23. The molecule has 0 bridgehead atoms. The van der Waals surface area contributed by atoms with Crippen LogP contribution in [0, 0.1) is 0 Å². The van der Waals surface area contributed by atoms with Gasteiger partial charge in [-0.1, -0.05) is 24.3 Å². The van der Waals surface area contributed by atoms with Gasteiger partial charge in [-0.3, -0.25) is 0 Å². The van der Waals surface area contributed by atoms with Crippen LogP contribution >= 0.6 is 0 Å². The van der Waals surface area contributed by atoms with Crippen LogP contribution < -0.4 is 4.74 Å². The molecule has 1 aromatic rings. The highest BCUT2D eigenvalue weighted by molar-refractivity contribution is 5.37. The van der Waals surface area contributed by atoms with Gasteiger partial charge in [0.25, 0.3) is 0 Å². The van der Waals surface area contributed by atoms with E-state index in [4.69, 9.17) is 4.74 Å². The SMILES string of the molecule is C=CCC(O)CC1CCOc2ccccc21. The van der Waals surface area contributed by atoms with Crippen LogP contribution in [0.25, 0.3) is 0 Å². The molecule has 2 heteroatoms. The molecule has 0 fully saturated rings. The van der Waals surface area contributed by atoms with Crippen molar-refractivity contribution in [3.8, 4) is 5.75 Å². The second kappa shape index (κ2) is 5.17. The molecule has 1 heterocycles. The fourth-order valence-corrected chi connectivity index (χ4v) is 2.28. The monoisotopic (exact) mass is 218 g/mol. The number of rotatable bonds is 4. The Bertz CT molecular complexity index is 360. The average molecular weight is 218 g/mol. The molecule has 86 valence electrons. The minimum Gasteiger partial charge on any atom is -0.493 e. The molecule has 0 spiro atoms. The van der Waals surface area contributed by atoms with Gasteiger partial charge in [0.15, 0.2) is 0 Å². The van der Waals surface area contributed by atoms with Gasteiger partial charge in [-0.15, -0.1) is 6.58 Å². The Kier molecular flexibility index (Phi) is 3.62. The van der Waals surface area contributed by atoms with Crippen molar-refractivity contribution in [3.63, 3.8) is 0 Å². The second-order valence-corrected chi connectivity index (χ2v) is 4.29. The zero-order valence-electron chi connectivity index (χ0n) is 9.43. The number of aliphatic hydroxyl groups excluding tert-OH is 1. The van der Waals surface area contributed by atoms with Crippen molar-refractivity contribution in [2.75, 3.05) is 6.61 Å². The molecule has 1 aliphatic rings. The quantitative estimate of drug-likeness (QED) is 0.787. The normalized spacial score (nSPS) is 20.7. The molecule has 0 saturated heterocycles. The lowest BCUT2D eigenvalue weighted by Crippen LogP contribution is -2.19. The second-order valence-electron chi connectivity index (χ2n) is 4.29. The molecule has 2 atom stereocenters. The Morgan fingerprint density at radius 2 is 2.31 bits per heavy atom. The van der Waals surface area contributed by atoms with E-state index in [-0.39, 0.29) is 6.10 Å². The summed E-state index contributed by atoms with van der Waals surface area (Å²) in [7, 11) is 0. The standard InChI is InChI=1S/C14H18O2/c1-2-5-12(15)10-11-8-9-16-14-7-4-3-6-13(11)14/h2-4,6-7,11-12,15H,1,5,8-10H2. The van der Waals surface area contributed by atoms with Crippen molar-refractivity contribution in [1.82, 2.24) is 0 Å². The van der Waals surface area contributed by atoms with E-state index < -0.39 is 0 Å². The first kappa shape index (κ1) is 11.2. The molecule has 1 N–H and O–H groups in total. The lowest BCUT2D eigenvalue weighted by Gasteiger charge is -2.27. The van der Waals surface area contributed by atoms with Crippen molar-refractivity contribution in [1.29, 1.82) is 0 Å². The van der Waals surface area contributed by atoms with Crippen LogP contribution in [0.5, 0.6) is 5.75 Å². The number of para-hydroxylation sites is 1. The zero-order chi connectivity index (χ0) is 11.4. The Labute approximate surface area is 96.6 Å². The third-order valence-corrected chi connectivity index (χ3v) is 3.08. The molecule has 0 radical (unpaired) electrons. The number of aliphatic hydroxyl groups is 1. The largest absolute Gasteiger partial charge is 0.493 e. The van der Waals surface area contributed by atoms with Crippen LogP contribution in [-0.2, 0) is 0 Å². The lowest BCUT2D eigenvalue weighted by molar-refractivity contribution is 0.146. The molecule has 16 heavy (non-hydrogen) atoms. The van der Waals surface area contributed by atoms with Crippen molar-refractivity contribution >= 4 is 0 Å². The predicted molar refractivity (Wildman–Crippen MR) is 64.7 cm³/mol. The average Bonchev–Trinajstić information content (AvgIpc) is 2.30. The molecule has 0 aromatic heterocycles. The van der Waals surface area contributed by atoms with Crippen molar-refractivity contribution in [3.05, 3.63) is 42.5 Å². The first-order chi connectivity index (χ1) is 7.81. The molecule has 0 aliphatic carbocycles. The number of hydrogen-bond acceptors (Lipinski definition) is 2. The minimum atomic E-state index is -0.284. The van der Waals surface area contributed by atoms with E-state index in [1.54, 1.807) is 6.08 Å². The van der Waals surface area contributed by atoms with Gasteiger partial charge in [0, 0.05) is 0 Å². The number of hydrogen-bond donors (Lipinski definition) is 1. The van der Waals surface area contributed by atoms with Gasteiger partial charge in [-0.25, -0.2) is 0 Å². The fraction of sp³-hybridized carbons (Fsp3) is 0.429. The van der Waals surface area contributed by atoms with E-state index in [1.165, 1.54) is 5.56 Å². The van der Waals surface area contributed by atoms with Crippen molar-refractivity contribution in [2.24, 2.45) is 0 Å². The predicted octanol–water partition coefficient (Wildman–Crippen LogP) is 2.88. The maximum Gasteiger partial charge on any atom is 0.122 e. The van der Waals surface area contributed by atoms with Gasteiger partial charge in [-0.2, -0.15) is 0 Å². The highest BCUT2D eigenvalue weighted by Gasteiger charge is 2.22. The molecule has 1 aliphatic heterocycles. The van der Waals surface area contributed by atoms with Crippen molar-refractivity contribution < 1.29 is 9.84 Å². The highest BCUT2D eigenvalue weighted by atomic mass is 16.5. The lowest BCUT2D eigenvalue weighted by atomic mass is 9.87. The highest BCUT2D eigenvalue weighted by Crippen LogP contribution is 2.36. The third-order valence-electron chi connectivity index (χ3n) is 3.08. The zero-order valence-corrected chi connectivity index (χ0v) is 9.43. The fourth-order valence-electron chi connectivity index (χ4n) is 2.28. The maximum atomic E-state index is 9.81. The summed E-state index contributed by atoms with van der Waals surface area (Å²) in [6.45, 7) is 4.41. The molecule has 2 unspecified atom stereocenters. The minimum absolute atomic E-state index is 0.284. The van der Waals surface area contributed by atoms with E-state index in [0.717, 1.165) is 25.2 Å². The van der Waals surface area contributed by atoms with Crippen LogP contribution in [-0.4, -0.2) is 17.8 Å². The Morgan fingerprint density at radius 1 is 1.50 bits per heavy atom. The van der Waals surface area contributed by atoms with E-state index in [1.807, 2.05) is 18.2 Å². The molecule has 0 saturated carbocycles. The van der Waals surface area contributed by atoms with Gasteiger partial charge in [0.1, 0.15) is 5.75 Å². The smallest absolute Gasteiger partial charge is 0.122 e. The molecule has 2 rings (SSSR count). The van der Waals surface area contributed by atoms with Crippen LogP contribution in [0.4, 0.5) is 0 Å². The van der Waals surface area contributed by atoms with Crippen LogP contribution in [0.3, 0.4) is 0 Å². The Morgan fingerprint density at radius 3 is 3.12 bits per heavy atom. The van der Waals surface area contributed by atoms with Gasteiger partial charge < -0.3 is 9.84 Å². The van der Waals surface area contributed by atoms with Crippen LogP contribution in [0.1, 0.15) is 30.7 Å². The summed E-state index contributed by atoms with van der Waals surface area (Å²) < 4.78 is 5.59. The molecular formula is C14H18O2. The number of fused-ring (bicyclic) bond motifs is 1. The summed E-state index contributed by atoms with van der Waals surface area (Å²) in [4.78, 5) is 0. The summed E-state index contributed by atoms with van der Waals surface area (Å²) in [6, 6.07) is 8.11. The summed E-state index contributed by atoms with van der Waals surface area (Å²) in [6.07, 6.45) is 3.95. The van der Waals surface area contributed by atoms with Gasteiger partial charge >= 0.3 is 0 Å². The maximum absolute atomic E-state index is 9.81. The number of ether oxygens (including phenoxy) is 1. The van der Waals surface area contributed by atoms with Gasteiger partial charge in [0.05, 0.1) is 12.7 Å². The van der Waals surface area contributed by atoms with Crippen LogP contribution in [0.15, 0.2) is 36.9 Å². The topological polar surface area (TPSA) is 29.5 Å². The van der Waals surface area contributed by atoms with E-state index >= 15 is 0 Å². The summed E-state index contributed by atoms with van der Waals surface area (Å²) >= 11 is 0. The van der Waals surface area contributed by atoms with E-state index in [0.29, 0.717) is 12.3 Å². The molecule has 1 aromatic carbocycles. The number of benzene rings is 1. The van der Waals surface area contributed by atoms with Gasteiger partial charge in [-0.05, 0) is 36.8 Å². The van der Waals surface area contributed by atoms with E-state index in [9.17, 15) is 5.11 Å². The Balaban J connectivity index is 2.09. The van der Waals surface area contributed by atoms with E-state index in [2.05, 4.69) is 12.6 Å². The van der Waals surface area contributed by atoms with Crippen LogP contribution in [0.2, 0.25) is 0 Å². The molecule has 2 nitrogen and oxygen atoms in total. The molecule has 0 amide bonds. The third kappa shape index (κ3) is 2.45. The first-order valence-corrected chi connectivity index (χ1v) is 5.82. The summed E-state index contributed by atoms with van der Waals surface area (Å²) in [5, 5.41) is 9.81. The van der Waals surface area contributed by atoms with Gasteiger partial charge in [0.2, 0.25) is 0 Å². The first-order valence-electron chi connectivity index (χ1n) is 5.82. The Hall–Kier alpha value is -1.28. The molecular weight excluding hydrogens is 200 g/mol.